The molecule has 2 aromatic rings. The van der Waals surface area contributed by atoms with Crippen molar-refractivity contribution in [3.63, 3.8) is 0 Å². The van der Waals surface area contributed by atoms with Crippen LogP contribution in [0.15, 0.2) is 36.4 Å². The van der Waals surface area contributed by atoms with Crippen molar-refractivity contribution in [2.45, 2.75) is 12.5 Å². The van der Waals surface area contributed by atoms with E-state index < -0.39 is 0 Å². The second-order valence-electron chi connectivity index (χ2n) is 4.35. The second kappa shape index (κ2) is 7.43. The lowest BCUT2D eigenvalue weighted by atomic mass is 10.2. The van der Waals surface area contributed by atoms with Crippen LogP contribution in [0, 0.1) is 0 Å². The molecule has 0 aliphatic rings. The van der Waals surface area contributed by atoms with Crippen LogP contribution < -0.4 is 14.2 Å². The standard InChI is InChI=1S/C16H16Cl2O3/c1-19-14-5-3-11(9-17)16(8-14)21-10-12-7-13(18)4-6-15(12)20-2/h3-8H,9-10H2,1-2H3. The van der Waals surface area contributed by atoms with Crippen molar-refractivity contribution in [1.29, 1.82) is 0 Å². The Morgan fingerprint density at radius 2 is 1.71 bits per heavy atom. The first-order chi connectivity index (χ1) is 10.2. The molecule has 21 heavy (non-hydrogen) atoms. The molecule has 0 unspecified atom stereocenters. The van der Waals surface area contributed by atoms with Crippen LogP contribution in [-0.4, -0.2) is 14.2 Å². The minimum absolute atomic E-state index is 0.334. The zero-order chi connectivity index (χ0) is 15.2. The molecule has 0 aliphatic heterocycles. The van der Waals surface area contributed by atoms with Gasteiger partial charge < -0.3 is 14.2 Å². The van der Waals surface area contributed by atoms with Crippen LogP contribution in [0.2, 0.25) is 5.02 Å². The molecule has 0 bridgehead atoms. The van der Waals surface area contributed by atoms with Crippen LogP contribution in [-0.2, 0) is 12.5 Å². The quantitative estimate of drug-likeness (QED) is 0.721. The number of alkyl halides is 1. The van der Waals surface area contributed by atoms with Crippen LogP contribution in [0.25, 0.3) is 0 Å². The average Bonchev–Trinajstić information content (AvgIpc) is 2.52. The van der Waals surface area contributed by atoms with Crippen LogP contribution in [0.3, 0.4) is 0 Å². The van der Waals surface area contributed by atoms with Crippen molar-refractivity contribution in [1.82, 2.24) is 0 Å². The van der Waals surface area contributed by atoms with Gasteiger partial charge in [0.25, 0.3) is 0 Å². The summed E-state index contributed by atoms with van der Waals surface area (Å²) in [7, 11) is 3.22. The highest BCUT2D eigenvalue weighted by molar-refractivity contribution is 6.30. The lowest BCUT2D eigenvalue weighted by Crippen LogP contribution is -2.01. The number of methoxy groups -OCH3 is 2. The van der Waals surface area contributed by atoms with E-state index in [4.69, 9.17) is 37.4 Å². The van der Waals surface area contributed by atoms with Crippen molar-refractivity contribution >= 4 is 23.2 Å². The molecule has 5 heteroatoms. The first kappa shape index (κ1) is 15.8. The van der Waals surface area contributed by atoms with Crippen LogP contribution in [0.5, 0.6) is 17.2 Å². The van der Waals surface area contributed by atoms with Gasteiger partial charge in [-0.15, -0.1) is 11.6 Å². The van der Waals surface area contributed by atoms with E-state index in [0.717, 1.165) is 22.6 Å². The normalized spacial score (nSPS) is 10.3. The lowest BCUT2D eigenvalue weighted by molar-refractivity contribution is 0.292. The Morgan fingerprint density at radius 1 is 0.905 bits per heavy atom. The molecule has 0 radical (unpaired) electrons. The molecule has 112 valence electrons. The first-order valence-corrected chi connectivity index (χ1v) is 7.27. The molecule has 2 aromatic carbocycles. The van der Waals surface area contributed by atoms with Crippen molar-refractivity contribution in [2.24, 2.45) is 0 Å². The monoisotopic (exact) mass is 326 g/mol. The molecule has 0 atom stereocenters. The van der Waals surface area contributed by atoms with Gasteiger partial charge in [0.15, 0.2) is 0 Å². The molecular weight excluding hydrogens is 311 g/mol. The maximum Gasteiger partial charge on any atom is 0.127 e. The van der Waals surface area contributed by atoms with Gasteiger partial charge in [0.05, 0.1) is 20.1 Å². The summed E-state index contributed by atoms with van der Waals surface area (Å²) in [5.41, 5.74) is 1.77. The van der Waals surface area contributed by atoms with Gasteiger partial charge in [0, 0.05) is 22.2 Å². The smallest absolute Gasteiger partial charge is 0.127 e. The van der Waals surface area contributed by atoms with E-state index in [2.05, 4.69) is 0 Å². The molecule has 0 heterocycles. The van der Waals surface area contributed by atoms with Gasteiger partial charge in [-0.05, 0) is 24.3 Å². The van der Waals surface area contributed by atoms with Gasteiger partial charge in [0.1, 0.15) is 23.9 Å². The molecule has 0 aromatic heterocycles. The van der Waals surface area contributed by atoms with Gasteiger partial charge in [-0.25, -0.2) is 0 Å². The van der Waals surface area contributed by atoms with Crippen LogP contribution in [0.4, 0.5) is 0 Å². The van der Waals surface area contributed by atoms with Crippen molar-refractivity contribution < 1.29 is 14.2 Å². The summed E-state index contributed by atoms with van der Waals surface area (Å²) in [6, 6.07) is 11.0. The molecular formula is C16H16Cl2O3. The number of benzene rings is 2. The average molecular weight is 327 g/mol. The third kappa shape index (κ3) is 3.96. The number of ether oxygens (including phenoxy) is 3. The molecule has 0 saturated heterocycles. The lowest BCUT2D eigenvalue weighted by Gasteiger charge is -2.13. The summed E-state index contributed by atoms with van der Waals surface area (Å²) >= 11 is 11.9. The topological polar surface area (TPSA) is 27.7 Å². The molecule has 0 spiro atoms. The van der Waals surface area contributed by atoms with E-state index in [9.17, 15) is 0 Å². The summed E-state index contributed by atoms with van der Waals surface area (Å²) < 4.78 is 16.4. The van der Waals surface area contributed by atoms with Gasteiger partial charge in [0.2, 0.25) is 0 Å². The SMILES string of the molecule is COc1ccc(CCl)c(OCc2cc(Cl)ccc2OC)c1. The van der Waals surface area contributed by atoms with Gasteiger partial charge >= 0.3 is 0 Å². The molecule has 0 aliphatic carbocycles. The fourth-order valence-electron chi connectivity index (χ4n) is 1.92. The van der Waals surface area contributed by atoms with Crippen molar-refractivity contribution in [2.75, 3.05) is 14.2 Å². The molecule has 3 nitrogen and oxygen atoms in total. The first-order valence-electron chi connectivity index (χ1n) is 6.36. The Labute approximate surface area is 134 Å². The summed E-state index contributed by atoms with van der Waals surface area (Å²) in [4.78, 5) is 0. The van der Waals surface area contributed by atoms with E-state index in [-0.39, 0.29) is 0 Å². The highest BCUT2D eigenvalue weighted by Gasteiger charge is 2.09. The van der Waals surface area contributed by atoms with Crippen molar-refractivity contribution in [3.8, 4) is 17.2 Å². The number of rotatable bonds is 6. The Morgan fingerprint density at radius 3 is 2.38 bits per heavy atom. The summed E-state index contributed by atoms with van der Waals surface area (Å²) in [6.07, 6.45) is 0. The number of halogens is 2. The van der Waals surface area contributed by atoms with E-state index in [1.54, 1.807) is 20.3 Å². The minimum atomic E-state index is 0.334. The third-order valence-corrected chi connectivity index (χ3v) is 3.57. The van der Waals surface area contributed by atoms with E-state index in [0.29, 0.717) is 23.3 Å². The summed E-state index contributed by atoms with van der Waals surface area (Å²) in [5, 5.41) is 0.637. The predicted octanol–water partition coefficient (Wildman–Crippen LogP) is 4.68. The third-order valence-electron chi connectivity index (χ3n) is 3.04. The maximum atomic E-state index is 6.01. The Balaban J connectivity index is 2.21. The molecule has 0 saturated carbocycles. The Bertz CT molecular complexity index is 614. The number of hydrogen-bond donors (Lipinski definition) is 0. The summed E-state index contributed by atoms with van der Waals surface area (Å²) in [5.74, 6) is 2.50. The Kier molecular flexibility index (Phi) is 5.59. The van der Waals surface area contributed by atoms with Crippen molar-refractivity contribution in [3.05, 3.63) is 52.5 Å². The zero-order valence-electron chi connectivity index (χ0n) is 11.9. The molecule has 0 amide bonds. The van der Waals surface area contributed by atoms with E-state index >= 15 is 0 Å². The van der Waals surface area contributed by atoms with E-state index in [1.165, 1.54) is 0 Å². The highest BCUT2D eigenvalue weighted by atomic mass is 35.5. The van der Waals surface area contributed by atoms with E-state index in [1.807, 2.05) is 30.3 Å². The predicted molar refractivity (Wildman–Crippen MR) is 84.9 cm³/mol. The molecule has 2 rings (SSSR count). The van der Waals surface area contributed by atoms with Gasteiger partial charge in [-0.2, -0.15) is 0 Å². The zero-order valence-corrected chi connectivity index (χ0v) is 13.4. The highest BCUT2D eigenvalue weighted by Crippen LogP contribution is 2.29. The van der Waals surface area contributed by atoms with Crippen LogP contribution in [0.1, 0.15) is 11.1 Å². The van der Waals surface area contributed by atoms with Gasteiger partial charge in [-0.3, -0.25) is 0 Å². The largest absolute Gasteiger partial charge is 0.497 e. The number of hydrogen-bond acceptors (Lipinski definition) is 3. The molecule has 0 N–H and O–H groups in total. The maximum absolute atomic E-state index is 6.01. The molecule has 0 fully saturated rings. The fraction of sp³-hybridized carbons (Fsp3) is 0.250. The van der Waals surface area contributed by atoms with Gasteiger partial charge in [-0.1, -0.05) is 17.7 Å². The van der Waals surface area contributed by atoms with Crippen LogP contribution >= 0.6 is 23.2 Å². The summed E-state index contributed by atoms with van der Waals surface area (Å²) in [6.45, 7) is 0.334. The minimum Gasteiger partial charge on any atom is -0.497 e. The second-order valence-corrected chi connectivity index (χ2v) is 5.06. The fourth-order valence-corrected chi connectivity index (χ4v) is 2.34. The Hall–Kier alpha value is -1.58.